The van der Waals surface area contributed by atoms with Crippen molar-refractivity contribution in [3.05, 3.63) is 23.8 Å². The van der Waals surface area contributed by atoms with Gasteiger partial charge in [0.25, 0.3) is 0 Å². The smallest absolute Gasteiger partial charge is 0.238 e. The van der Waals surface area contributed by atoms with Crippen LogP contribution in [0, 0.1) is 0 Å². The largest absolute Gasteiger partial charge is 0.504 e. The Morgan fingerprint density at radius 1 is 1.22 bits per heavy atom. The van der Waals surface area contributed by atoms with Crippen molar-refractivity contribution in [1.82, 2.24) is 10.2 Å². The van der Waals surface area contributed by atoms with E-state index in [1.807, 2.05) is 0 Å². The number of benzene rings is 1. The third-order valence-corrected chi connectivity index (χ3v) is 3.77. The lowest BCUT2D eigenvalue weighted by atomic mass is 10.0. The predicted octanol–water partition coefficient (Wildman–Crippen LogP) is 1.08. The summed E-state index contributed by atoms with van der Waals surface area (Å²) in [7, 11) is 0. The zero-order valence-corrected chi connectivity index (χ0v) is 9.97. The van der Waals surface area contributed by atoms with Crippen LogP contribution in [0.1, 0.15) is 31.0 Å². The molecular formula is C13H16N2O3. The molecule has 0 radical (unpaired) electrons. The number of phenols is 2. The van der Waals surface area contributed by atoms with Gasteiger partial charge in [-0.3, -0.25) is 9.69 Å². The molecule has 3 rings (SSSR count). The standard InChI is InChI=1S/C13H16N2O3/c16-10-5-4-8(7-11(10)17)12-14-13(18)9-3-1-2-6-15(9)12/h4-5,7,9,12,16-17H,1-3,6H2,(H,14,18). The Labute approximate surface area is 105 Å². The maximum Gasteiger partial charge on any atom is 0.238 e. The van der Waals surface area contributed by atoms with Gasteiger partial charge >= 0.3 is 0 Å². The number of amides is 1. The van der Waals surface area contributed by atoms with Crippen LogP contribution >= 0.6 is 0 Å². The van der Waals surface area contributed by atoms with Gasteiger partial charge in [0.2, 0.25) is 5.91 Å². The molecule has 2 fully saturated rings. The molecule has 0 bridgehead atoms. The molecule has 3 N–H and O–H groups in total. The summed E-state index contributed by atoms with van der Waals surface area (Å²) in [6.07, 6.45) is 2.88. The molecule has 5 nitrogen and oxygen atoms in total. The van der Waals surface area contributed by atoms with Gasteiger partial charge in [0, 0.05) is 6.54 Å². The van der Waals surface area contributed by atoms with Crippen molar-refractivity contribution in [1.29, 1.82) is 0 Å². The molecule has 0 aliphatic carbocycles. The average Bonchev–Trinajstić information content (AvgIpc) is 2.71. The maximum absolute atomic E-state index is 11.9. The number of rotatable bonds is 1. The van der Waals surface area contributed by atoms with E-state index in [-0.39, 0.29) is 29.6 Å². The summed E-state index contributed by atoms with van der Waals surface area (Å²) in [6, 6.07) is 4.65. The average molecular weight is 248 g/mol. The Kier molecular flexibility index (Phi) is 2.63. The first-order valence-electron chi connectivity index (χ1n) is 6.25. The first kappa shape index (κ1) is 11.3. The zero-order chi connectivity index (χ0) is 12.7. The van der Waals surface area contributed by atoms with Crippen LogP contribution in [0.15, 0.2) is 18.2 Å². The maximum atomic E-state index is 11.9. The van der Waals surface area contributed by atoms with Crippen LogP contribution in [0.5, 0.6) is 11.5 Å². The minimum atomic E-state index is -0.186. The molecule has 0 aromatic heterocycles. The highest BCUT2D eigenvalue weighted by molar-refractivity contribution is 5.84. The normalized spacial score (nSPS) is 27.9. The van der Waals surface area contributed by atoms with Crippen LogP contribution < -0.4 is 5.32 Å². The van der Waals surface area contributed by atoms with E-state index in [1.165, 1.54) is 12.1 Å². The van der Waals surface area contributed by atoms with Crippen molar-refractivity contribution in [2.75, 3.05) is 6.54 Å². The van der Waals surface area contributed by atoms with E-state index in [0.29, 0.717) is 0 Å². The van der Waals surface area contributed by atoms with Crippen LogP contribution in [0.4, 0.5) is 0 Å². The van der Waals surface area contributed by atoms with Gasteiger partial charge < -0.3 is 15.5 Å². The molecule has 2 aliphatic heterocycles. The lowest BCUT2D eigenvalue weighted by Crippen LogP contribution is -2.38. The number of hydrogen-bond donors (Lipinski definition) is 3. The summed E-state index contributed by atoms with van der Waals surface area (Å²) in [4.78, 5) is 14.0. The summed E-state index contributed by atoms with van der Waals surface area (Å²) in [6.45, 7) is 0.885. The number of nitrogens with zero attached hydrogens (tertiary/aromatic N) is 1. The van der Waals surface area contributed by atoms with Crippen LogP contribution in [-0.4, -0.2) is 33.6 Å². The van der Waals surface area contributed by atoms with Crippen molar-refractivity contribution in [3.8, 4) is 11.5 Å². The summed E-state index contributed by atoms with van der Waals surface area (Å²) in [5.74, 6) is -0.229. The quantitative estimate of drug-likeness (QED) is 0.650. The molecule has 1 amide bonds. The molecule has 0 spiro atoms. The Hall–Kier alpha value is -1.75. The molecule has 1 aromatic carbocycles. The Morgan fingerprint density at radius 2 is 2.06 bits per heavy atom. The van der Waals surface area contributed by atoms with Crippen molar-refractivity contribution in [2.45, 2.75) is 31.5 Å². The third kappa shape index (κ3) is 1.71. The first-order valence-corrected chi connectivity index (χ1v) is 6.25. The van der Waals surface area contributed by atoms with Crippen molar-refractivity contribution >= 4 is 5.91 Å². The van der Waals surface area contributed by atoms with Gasteiger partial charge in [-0.15, -0.1) is 0 Å². The molecule has 96 valence electrons. The SMILES string of the molecule is O=C1NC(c2ccc(O)c(O)c2)N2CCCCC12. The second kappa shape index (κ2) is 4.17. The van der Waals surface area contributed by atoms with Crippen molar-refractivity contribution < 1.29 is 15.0 Å². The molecule has 2 heterocycles. The number of carbonyl (C=O) groups is 1. The van der Waals surface area contributed by atoms with E-state index in [1.54, 1.807) is 6.07 Å². The van der Waals surface area contributed by atoms with Gasteiger partial charge in [0.15, 0.2) is 11.5 Å². The highest BCUT2D eigenvalue weighted by Crippen LogP contribution is 2.35. The van der Waals surface area contributed by atoms with Crippen LogP contribution in [0.2, 0.25) is 0 Å². The number of phenolic OH excluding ortho intramolecular Hbond substituents is 2. The number of nitrogens with one attached hydrogen (secondary N) is 1. The predicted molar refractivity (Wildman–Crippen MR) is 65.0 cm³/mol. The molecule has 1 aromatic rings. The number of aromatic hydroxyl groups is 2. The second-order valence-corrected chi connectivity index (χ2v) is 4.91. The van der Waals surface area contributed by atoms with Crippen LogP contribution in [0.3, 0.4) is 0 Å². The second-order valence-electron chi connectivity index (χ2n) is 4.91. The van der Waals surface area contributed by atoms with E-state index in [2.05, 4.69) is 10.2 Å². The van der Waals surface area contributed by atoms with E-state index >= 15 is 0 Å². The fraction of sp³-hybridized carbons (Fsp3) is 0.462. The van der Waals surface area contributed by atoms with Gasteiger partial charge in [-0.25, -0.2) is 0 Å². The van der Waals surface area contributed by atoms with E-state index in [4.69, 9.17) is 0 Å². The monoisotopic (exact) mass is 248 g/mol. The molecule has 0 saturated carbocycles. The fourth-order valence-corrected chi connectivity index (χ4v) is 2.84. The molecular weight excluding hydrogens is 232 g/mol. The van der Waals surface area contributed by atoms with Crippen molar-refractivity contribution in [2.24, 2.45) is 0 Å². The van der Waals surface area contributed by atoms with Gasteiger partial charge in [-0.1, -0.05) is 12.5 Å². The van der Waals surface area contributed by atoms with Gasteiger partial charge in [-0.05, 0) is 30.5 Å². The highest BCUT2D eigenvalue weighted by Gasteiger charge is 2.41. The van der Waals surface area contributed by atoms with Crippen molar-refractivity contribution in [3.63, 3.8) is 0 Å². The van der Waals surface area contributed by atoms with Gasteiger partial charge in [0.1, 0.15) is 6.17 Å². The number of hydrogen-bond acceptors (Lipinski definition) is 4. The lowest BCUT2D eigenvalue weighted by Gasteiger charge is -2.31. The summed E-state index contributed by atoms with van der Waals surface area (Å²) in [5.41, 5.74) is 0.808. The van der Waals surface area contributed by atoms with E-state index in [0.717, 1.165) is 31.4 Å². The summed E-state index contributed by atoms with van der Waals surface area (Å²) >= 11 is 0. The first-order chi connectivity index (χ1) is 8.66. The lowest BCUT2D eigenvalue weighted by molar-refractivity contribution is -0.122. The van der Waals surface area contributed by atoms with E-state index < -0.39 is 0 Å². The molecule has 5 heteroatoms. The topological polar surface area (TPSA) is 72.8 Å². The number of piperidine rings is 1. The minimum Gasteiger partial charge on any atom is -0.504 e. The number of fused-ring (bicyclic) bond motifs is 1. The van der Waals surface area contributed by atoms with E-state index in [9.17, 15) is 15.0 Å². The number of carbonyl (C=O) groups excluding carboxylic acids is 1. The van der Waals surface area contributed by atoms with Crippen LogP contribution in [-0.2, 0) is 4.79 Å². The van der Waals surface area contributed by atoms with Crippen LogP contribution in [0.25, 0.3) is 0 Å². The Balaban J connectivity index is 1.91. The molecule has 18 heavy (non-hydrogen) atoms. The third-order valence-electron chi connectivity index (χ3n) is 3.77. The highest BCUT2D eigenvalue weighted by atomic mass is 16.3. The Bertz CT molecular complexity index is 489. The summed E-state index contributed by atoms with van der Waals surface area (Å²) in [5, 5.41) is 21.8. The molecule has 2 unspecified atom stereocenters. The zero-order valence-electron chi connectivity index (χ0n) is 9.97. The van der Waals surface area contributed by atoms with Gasteiger partial charge in [-0.2, -0.15) is 0 Å². The Morgan fingerprint density at radius 3 is 2.83 bits per heavy atom. The summed E-state index contributed by atoms with van der Waals surface area (Å²) < 4.78 is 0. The molecule has 2 atom stereocenters. The van der Waals surface area contributed by atoms with Gasteiger partial charge in [0.05, 0.1) is 6.04 Å². The molecule has 2 saturated heterocycles. The minimum absolute atomic E-state index is 0.0419. The fourth-order valence-electron chi connectivity index (χ4n) is 2.84. The molecule has 2 aliphatic rings.